The van der Waals surface area contributed by atoms with Gasteiger partial charge in [0.05, 0.1) is 18.2 Å². The number of rotatable bonds is 6. The van der Waals surface area contributed by atoms with Crippen LogP contribution in [0.15, 0.2) is 30.3 Å². The van der Waals surface area contributed by atoms with Crippen LogP contribution in [0, 0.1) is 18.3 Å². The number of nitrogens with one attached hydrogen (secondary N) is 2. The zero-order valence-corrected chi connectivity index (χ0v) is 13.0. The molecule has 7 nitrogen and oxygen atoms in total. The number of benzene rings is 1. The second-order valence-corrected chi connectivity index (χ2v) is 4.78. The molecule has 2 aromatic rings. The quantitative estimate of drug-likeness (QED) is 0.791. The molecular formula is C16H17N5O2. The highest BCUT2D eigenvalue weighted by Gasteiger charge is 2.11. The fourth-order valence-corrected chi connectivity index (χ4v) is 1.89. The molecule has 0 fully saturated rings. The Hall–Kier alpha value is -2.98. The molecule has 7 heteroatoms. The fourth-order valence-electron chi connectivity index (χ4n) is 1.89. The molecule has 2 rings (SSSR count). The van der Waals surface area contributed by atoms with E-state index >= 15 is 0 Å². The van der Waals surface area contributed by atoms with Crippen LogP contribution in [0.1, 0.15) is 21.7 Å². The Balaban J connectivity index is 2.13. The molecule has 0 unspecified atom stereocenters. The third-order valence-electron chi connectivity index (χ3n) is 2.93. The molecule has 23 heavy (non-hydrogen) atoms. The van der Waals surface area contributed by atoms with Gasteiger partial charge >= 0.3 is 0 Å². The lowest BCUT2D eigenvalue weighted by Gasteiger charge is -2.08. The normalized spacial score (nSPS) is 9.96. The number of methoxy groups -OCH3 is 1. The third kappa shape index (κ3) is 4.76. The maximum absolute atomic E-state index is 12.3. The van der Waals surface area contributed by atoms with Crippen molar-refractivity contribution in [3.05, 3.63) is 47.3 Å². The van der Waals surface area contributed by atoms with Crippen molar-refractivity contribution in [1.29, 1.82) is 5.26 Å². The number of hydrogen-bond acceptors (Lipinski definition) is 6. The van der Waals surface area contributed by atoms with Gasteiger partial charge < -0.3 is 15.4 Å². The number of carbonyl (C=O) groups is 1. The maximum atomic E-state index is 12.3. The van der Waals surface area contributed by atoms with E-state index in [0.29, 0.717) is 36.0 Å². The van der Waals surface area contributed by atoms with E-state index < -0.39 is 0 Å². The molecule has 0 radical (unpaired) electrons. The van der Waals surface area contributed by atoms with Crippen LogP contribution in [0.2, 0.25) is 0 Å². The predicted molar refractivity (Wildman–Crippen MR) is 86.2 cm³/mol. The number of aryl methyl sites for hydroxylation is 1. The fraction of sp³-hybridized carbons (Fsp3) is 0.250. The van der Waals surface area contributed by atoms with Crippen LogP contribution in [0.3, 0.4) is 0 Å². The van der Waals surface area contributed by atoms with Crippen molar-refractivity contribution < 1.29 is 9.53 Å². The topological polar surface area (TPSA) is 99.9 Å². The van der Waals surface area contributed by atoms with Gasteiger partial charge in [-0.25, -0.2) is 9.97 Å². The smallest absolute Gasteiger partial charge is 0.274 e. The summed E-state index contributed by atoms with van der Waals surface area (Å²) in [6.07, 6.45) is 0. The van der Waals surface area contributed by atoms with E-state index in [1.807, 2.05) is 6.07 Å². The number of anilines is 2. The first-order valence-corrected chi connectivity index (χ1v) is 7.02. The first kappa shape index (κ1) is 16.4. The first-order chi connectivity index (χ1) is 11.1. The Morgan fingerprint density at radius 3 is 2.91 bits per heavy atom. The van der Waals surface area contributed by atoms with Crippen molar-refractivity contribution in [3.8, 4) is 6.07 Å². The predicted octanol–water partition coefficient (Wildman–Crippen LogP) is 1.97. The molecule has 1 aromatic heterocycles. The SMILES string of the molecule is COCCNc1nc(C)cc(C(=O)Nc2cccc(C#N)c2)n1. The van der Waals surface area contributed by atoms with Crippen molar-refractivity contribution in [1.82, 2.24) is 9.97 Å². The highest BCUT2D eigenvalue weighted by molar-refractivity contribution is 6.03. The zero-order chi connectivity index (χ0) is 16.7. The maximum Gasteiger partial charge on any atom is 0.274 e. The lowest BCUT2D eigenvalue weighted by Crippen LogP contribution is -2.17. The summed E-state index contributed by atoms with van der Waals surface area (Å²) in [4.78, 5) is 20.7. The number of aromatic nitrogens is 2. The molecule has 2 N–H and O–H groups in total. The average molecular weight is 311 g/mol. The Kier molecular flexibility index (Phi) is 5.61. The van der Waals surface area contributed by atoms with E-state index in [0.717, 1.165) is 0 Å². The molecule has 0 aliphatic rings. The van der Waals surface area contributed by atoms with E-state index in [9.17, 15) is 4.79 Å². The van der Waals surface area contributed by atoms with Gasteiger partial charge in [0.2, 0.25) is 5.95 Å². The molecule has 1 aromatic carbocycles. The minimum Gasteiger partial charge on any atom is -0.383 e. The Morgan fingerprint density at radius 2 is 2.17 bits per heavy atom. The van der Waals surface area contributed by atoms with Crippen LogP contribution in [0.4, 0.5) is 11.6 Å². The molecule has 0 atom stereocenters. The van der Waals surface area contributed by atoms with Gasteiger partial charge in [0.1, 0.15) is 5.69 Å². The van der Waals surface area contributed by atoms with E-state index in [2.05, 4.69) is 20.6 Å². The second-order valence-electron chi connectivity index (χ2n) is 4.78. The van der Waals surface area contributed by atoms with Crippen LogP contribution in [0.25, 0.3) is 0 Å². The summed E-state index contributed by atoms with van der Waals surface area (Å²) >= 11 is 0. The van der Waals surface area contributed by atoms with E-state index in [4.69, 9.17) is 10.00 Å². The third-order valence-corrected chi connectivity index (χ3v) is 2.93. The Labute approximate surface area is 134 Å². The first-order valence-electron chi connectivity index (χ1n) is 7.02. The van der Waals surface area contributed by atoms with Gasteiger partial charge in [-0.2, -0.15) is 5.26 Å². The summed E-state index contributed by atoms with van der Waals surface area (Å²) in [5, 5.41) is 14.6. The van der Waals surface area contributed by atoms with Gasteiger partial charge in [0, 0.05) is 25.0 Å². The van der Waals surface area contributed by atoms with Gasteiger partial charge in [0.25, 0.3) is 5.91 Å². The number of nitriles is 1. The second kappa shape index (κ2) is 7.87. The van der Waals surface area contributed by atoms with Gasteiger partial charge in [-0.3, -0.25) is 4.79 Å². The van der Waals surface area contributed by atoms with Crippen molar-refractivity contribution in [2.75, 3.05) is 30.9 Å². The summed E-state index contributed by atoms with van der Waals surface area (Å²) in [6.45, 7) is 2.85. The van der Waals surface area contributed by atoms with Crippen molar-refractivity contribution in [3.63, 3.8) is 0 Å². The van der Waals surface area contributed by atoms with Crippen LogP contribution in [-0.2, 0) is 4.74 Å². The standard InChI is InChI=1S/C16H17N5O2/c1-11-8-14(21-16(19-11)18-6-7-23-2)15(22)20-13-5-3-4-12(9-13)10-17/h3-5,8-9H,6-7H2,1-2H3,(H,20,22)(H,18,19,21). The van der Waals surface area contributed by atoms with Gasteiger partial charge in [0.15, 0.2) is 0 Å². The van der Waals surface area contributed by atoms with Crippen LogP contribution >= 0.6 is 0 Å². The largest absolute Gasteiger partial charge is 0.383 e. The molecule has 0 saturated heterocycles. The molecule has 118 valence electrons. The van der Waals surface area contributed by atoms with E-state index in [1.165, 1.54) is 0 Å². The molecule has 0 aliphatic carbocycles. The molecule has 0 saturated carbocycles. The van der Waals surface area contributed by atoms with Crippen molar-refractivity contribution >= 4 is 17.5 Å². The van der Waals surface area contributed by atoms with Gasteiger partial charge in [-0.1, -0.05) is 6.07 Å². The zero-order valence-electron chi connectivity index (χ0n) is 13.0. The van der Waals surface area contributed by atoms with Gasteiger partial charge in [-0.15, -0.1) is 0 Å². The number of carbonyl (C=O) groups excluding carboxylic acids is 1. The summed E-state index contributed by atoms with van der Waals surface area (Å²) in [7, 11) is 1.60. The average Bonchev–Trinajstić information content (AvgIpc) is 2.55. The molecular weight excluding hydrogens is 294 g/mol. The molecule has 1 amide bonds. The van der Waals surface area contributed by atoms with Crippen LogP contribution < -0.4 is 10.6 Å². The monoisotopic (exact) mass is 311 g/mol. The minimum atomic E-state index is -0.361. The summed E-state index contributed by atoms with van der Waals surface area (Å²) in [6, 6.07) is 10.3. The minimum absolute atomic E-state index is 0.250. The van der Waals surface area contributed by atoms with E-state index in [-0.39, 0.29) is 11.6 Å². The molecule has 1 heterocycles. The Morgan fingerprint density at radius 1 is 1.35 bits per heavy atom. The van der Waals surface area contributed by atoms with Gasteiger partial charge in [-0.05, 0) is 31.2 Å². The lowest BCUT2D eigenvalue weighted by molar-refractivity contribution is 0.102. The highest BCUT2D eigenvalue weighted by Crippen LogP contribution is 2.12. The van der Waals surface area contributed by atoms with Crippen molar-refractivity contribution in [2.24, 2.45) is 0 Å². The summed E-state index contributed by atoms with van der Waals surface area (Å²) < 4.78 is 4.95. The number of hydrogen-bond donors (Lipinski definition) is 2. The van der Waals surface area contributed by atoms with Crippen molar-refractivity contribution in [2.45, 2.75) is 6.92 Å². The Bertz CT molecular complexity index is 739. The summed E-state index contributed by atoms with van der Waals surface area (Å²) in [5.41, 5.74) is 1.94. The molecule has 0 aliphatic heterocycles. The highest BCUT2D eigenvalue weighted by atomic mass is 16.5. The lowest BCUT2D eigenvalue weighted by atomic mass is 10.2. The summed E-state index contributed by atoms with van der Waals surface area (Å²) in [5.74, 6) is 0.0124. The van der Waals surface area contributed by atoms with Crippen LogP contribution in [0.5, 0.6) is 0 Å². The molecule has 0 spiro atoms. The van der Waals surface area contributed by atoms with Crippen LogP contribution in [-0.4, -0.2) is 36.1 Å². The van der Waals surface area contributed by atoms with E-state index in [1.54, 1.807) is 44.4 Å². The number of amides is 1. The number of ether oxygens (including phenoxy) is 1. The number of nitrogens with zero attached hydrogens (tertiary/aromatic N) is 3. The molecule has 0 bridgehead atoms.